The maximum Gasteiger partial charge on any atom is 0.254 e. The highest BCUT2D eigenvalue weighted by molar-refractivity contribution is 5.96. The summed E-state index contributed by atoms with van der Waals surface area (Å²) in [5, 5.41) is 0. The number of carbonyl (C=O) groups is 1. The minimum atomic E-state index is -0.542. The van der Waals surface area contributed by atoms with Crippen molar-refractivity contribution in [2.24, 2.45) is 11.5 Å². The normalized spacial score (nSPS) is 11.4. The Morgan fingerprint density at radius 1 is 1.47 bits per heavy atom. The van der Waals surface area contributed by atoms with E-state index in [-0.39, 0.29) is 12.5 Å². The molecule has 5 nitrogen and oxygen atoms in total. The van der Waals surface area contributed by atoms with Crippen molar-refractivity contribution in [3.8, 4) is 5.88 Å². The first-order valence-corrected chi connectivity index (χ1v) is 5.40. The first-order chi connectivity index (χ1) is 7.70. The Hall–Kier alpha value is -1.62. The van der Waals surface area contributed by atoms with Gasteiger partial charge in [0.05, 0.1) is 0 Å². The lowest BCUT2D eigenvalue weighted by molar-refractivity contribution is 0.0993. The third-order valence-corrected chi connectivity index (χ3v) is 2.14. The maximum absolute atomic E-state index is 11.3. The van der Waals surface area contributed by atoms with Gasteiger partial charge in [0.25, 0.3) is 5.91 Å². The van der Waals surface area contributed by atoms with E-state index in [0.29, 0.717) is 5.56 Å². The molecule has 0 spiro atoms. The number of hydrogen-bond acceptors (Lipinski definition) is 4. The predicted octanol–water partition coefficient (Wildman–Crippen LogP) is 0.913. The topological polar surface area (TPSA) is 91.2 Å². The lowest BCUT2D eigenvalue weighted by Gasteiger charge is -2.20. The largest absolute Gasteiger partial charge is 0.475 e. The lowest BCUT2D eigenvalue weighted by Crippen LogP contribution is -2.39. The van der Waals surface area contributed by atoms with E-state index in [2.05, 4.69) is 4.98 Å². The van der Waals surface area contributed by atoms with E-state index < -0.39 is 11.4 Å². The molecule has 1 aromatic rings. The maximum atomic E-state index is 11.3. The van der Waals surface area contributed by atoms with E-state index in [1.807, 2.05) is 20.8 Å². The van der Waals surface area contributed by atoms with Gasteiger partial charge >= 0.3 is 0 Å². The van der Waals surface area contributed by atoms with Gasteiger partial charge in [-0.05, 0) is 39.3 Å². The minimum absolute atomic E-state index is 0.258. The summed E-state index contributed by atoms with van der Waals surface area (Å²) >= 11 is 0. The molecular formula is C12H19N3O2. The first kappa shape index (κ1) is 13.4. The quantitative estimate of drug-likeness (QED) is 0.814. The van der Waals surface area contributed by atoms with Crippen LogP contribution >= 0.6 is 0 Å². The van der Waals surface area contributed by atoms with Crippen LogP contribution in [-0.4, -0.2) is 23.0 Å². The Morgan fingerprint density at radius 3 is 2.53 bits per heavy atom. The standard InChI is InChI=1S/C12H19N3O2/c1-7-5-8(2)15-11(9(7)10(13)16)17-6-12(3,4)14/h5H,6,14H2,1-4H3,(H2,13,16). The van der Waals surface area contributed by atoms with Crippen molar-refractivity contribution in [1.82, 2.24) is 4.98 Å². The summed E-state index contributed by atoms with van der Waals surface area (Å²) in [6.45, 7) is 7.57. The third kappa shape index (κ3) is 3.71. The zero-order valence-electron chi connectivity index (χ0n) is 10.7. The van der Waals surface area contributed by atoms with Crippen LogP contribution in [0.1, 0.15) is 35.5 Å². The van der Waals surface area contributed by atoms with Crippen molar-refractivity contribution in [3.05, 3.63) is 22.9 Å². The number of primary amides is 1. The molecule has 17 heavy (non-hydrogen) atoms. The fourth-order valence-corrected chi connectivity index (χ4v) is 1.46. The average molecular weight is 237 g/mol. The zero-order valence-corrected chi connectivity index (χ0v) is 10.7. The number of aromatic nitrogens is 1. The molecule has 0 saturated carbocycles. The van der Waals surface area contributed by atoms with E-state index in [9.17, 15) is 4.79 Å². The number of nitrogens with two attached hydrogens (primary N) is 2. The summed E-state index contributed by atoms with van der Waals surface area (Å²) in [6, 6.07) is 1.79. The summed E-state index contributed by atoms with van der Waals surface area (Å²) in [7, 11) is 0. The van der Waals surface area contributed by atoms with Gasteiger partial charge in [-0.15, -0.1) is 0 Å². The van der Waals surface area contributed by atoms with E-state index in [0.717, 1.165) is 11.3 Å². The molecule has 1 heterocycles. The van der Waals surface area contributed by atoms with E-state index in [4.69, 9.17) is 16.2 Å². The molecule has 0 saturated heterocycles. The van der Waals surface area contributed by atoms with Crippen molar-refractivity contribution in [2.45, 2.75) is 33.2 Å². The third-order valence-electron chi connectivity index (χ3n) is 2.14. The molecule has 0 radical (unpaired) electrons. The molecule has 1 aromatic heterocycles. The summed E-state index contributed by atoms with van der Waals surface area (Å²) < 4.78 is 5.49. The molecule has 0 atom stereocenters. The van der Waals surface area contributed by atoms with E-state index in [1.54, 1.807) is 13.0 Å². The van der Waals surface area contributed by atoms with Crippen molar-refractivity contribution in [1.29, 1.82) is 0 Å². The molecule has 0 aromatic carbocycles. The number of rotatable bonds is 4. The Morgan fingerprint density at radius 2 is 2.06 bits per heavy atom. The molecule has 4 N–H and O–H groups in total. The van der Waals surface area contributed by atoms with E-state index in [1.165, 1.54) is 0 Å². The molecule has 1 rings (SSSR count). The van der Waals surface area contributed by atoms with Crippen molar-refractivity contribution < 1.29 is 9.53 Å². The number of amides is 1. The van der Waals surface area contributed by atoms with Crippen molar-refractivity contribution >= 4 is 5.91 Å². The molecular weight excluding hydrogens is 218 g/mol. The number of pyridine rings is 1. The summed E-state index contributed by atoms with van der Waals surface area (Å²) in [5.41, 5.74) is 12.5. The Balaban J connectivity index is 3.09. The van der Waals surface area contributed by atoms with Gasteiger partial charge in [-0.3, -0.25) is 4.79 Å². The molecule has 0 fully saturated rings. The molecule has 94 valence electrons. The number of hydrogen-bond donors (Lipinski definition) is 2. The van der Waals surface area contributed by atoms with Gasteiger partial charge in [-0.2, -0.15) is 0 Å². The van der Waals surface area contributed by atoms with Crippen LogP contribution in [0.15, 0.2) is 6.07 Å². The molecule has 0 unspecified atom stereocenters. The highest BCUT2D eigenvalue weighted by Crippen LogP contribution is 2.21. The minimum Gasteiger partial charge on any atom is -0.475 e. The Kier molecular flexibility index (Phi) is 3.72. The number of ether oxygens (including phenoxy) is 1. The number of nitrogens with zero attached hydrogens (tertiary/aromatic N) is 1. The van der Waals surface area contributed by atoms with Crippen LogP contribution < -0.4 is 16.2 Å². The Labute approximate surface area is 101 Å². The molecule has 0 aliphatic rings. The molecule has 0 aliphatic carbocycles. The fraction of sp³-hybridized carbons (Fsp3) is 0.500. The van der Waals surface area contributed by atoms with Crippen LogP contribution in [-0.2, 0) is 0 Å². The van der Waals surface area contributed by atoms with Crippen LogP contribution in [0.3, 0.4) is 0 Å². The van der Waals surface area contributed by atoms with Crippen LogP contribution in [0, 0.1) is 13.8 Å². The second-order valence-corrected chi connectivity index (χ2v) is 4.90. The lowest BCUT2D eigenvalue weighted by atomic mass is 10.1. The summed E-state index contributed by atoms with van der Waals surface area (Å²) in [6.07, 6.45) is 0. The Bertz CT molecular complexity index is 436. The van der Waals surface area contributed by atoms with Gasteiger partial charge in [0, 0.05) is 11.2 Å². The fourth-order valence-electron chi connectivity index (χ4n) is 1.46. The van der Waals surface area contributed by atoms with Crippen molar-refractivity contribution in [2.75, 3.05) is 6.61 Å². The summed E-state index contributed by atoms with van der Waals surface area (Å²) in [4.78, 5) is 15.5. The monoisotopic (exact) mass is 237 g/mol. The van der Waals surface area contributed by atoms with Crippen LogP contribution in [0.4, 0.5) is 0 Å². The smallest absolute Gasteiger partial charge is 0.254 e. The van der Waals surface area contributed by atoms with Crippen LogP contribution in [0.25, 0.3) is 0 Å². The molecule has 0 bridgehead atoms. The molecule has 1 amide bonds. The predicted molar refractivity (Wildman–Crippen MR) is 66.0 cm³/mol. The van der Waals surface area contributed by atoms with Gasteiger partial charge in [0.2, 0.25) is 5.88 Å². The first-order valence-electron chi connectivity index (χ1n) is 5.40. The van der Waals surface area contributed by atoms with Crippen LogP contribution in [0.2, 0.25) is 0 Å². The second-order valence-electron chi connectivity index (χ2n) is 4.90. The number of aryl methyl sites for hydroxylation is 2. The van der Waals surface area contributed by atoms with E-state index >= 15 is 0 Å². The van der Waals surface area contributed by atoms with Gasteiger partial charge < -0.3 is 16.2 Å². The van der Waals surface area contributed by atoms with Gasteiger partial charge in [-0.25, -0.2) is 4.98 Å². The average Bonchev–Trinajstić information content (AvgIpc) is 2.11. The highest BCUT2D eigenvalue weighted by Gasteiger charge is 2.18. The van der Waals surface area contributed by atoms with Crippen molar-refractivity contribution in [3.63, 3.8) is 0 Å². The second kappa shape index (κ2) is 4.71. The molecule has 0 aliphatic heterocycles. The highest BCUT2D eigenvalue weighted by atomic mass is 16.5. The van der Waals surface area contributed by atoms with Gasteiger partial charge in [0.1, 0.15) is 12.2 Å². The molecule has 5 heteroatoms. The number of carbonyl (C=O) groups excluding carboxylic acids is 1. The van der Waals surface area contributed by atoms with Gasteiger partial charge in [-0.1, -0.05) is 0 Å². The van der Waals surface area contributed by atoms with Crippen LogP contribution in [0.5, 0.6) is 5.88 Å². The zero-order chi connectivity index (χ0) is 13.2. The SMILES string of the molecule is Cc1cc(C)c(C(N)=O)c(OCC(C)(C)N)n1. The van der Waals surface area contributed by atoms with Gasteiger partial charge in [0.15, 0.2) is 0 Å². The summed E-state index contributed by atoms with van der Waals surface area (Å²) in [5.74, 6) is -0.284.